The predicted octanol–water partition coefficient (Wildman–Crippen LogP) is 4.11. The molecular weight excluding hydrogens is 272 g/mol. The topological polar surface area (TPSA) is 27.1 Å². The molecule has 0 saturated carbocycles. The van der Waals surface area contributed by atoms with E-state index in [-0.39, 0.29) is 0 Å². The molecule has 3 nitrogen and oxygen atoms in total. The molecule has 0 saturated heterocycles. The quantitative estimate of drug-likeness (QED) is 0.724. The highest BCUT2D eigenvalue weighted by Crippen LogP contribution is 2.21. The van der Waals surface area contributed by atoms with E-state index in [1.807, 2.05) is 61.0 Å². The molecule has 4 heteroatoms. The second-order valence-electron chi connectivity index (χ2n) is 4.83. The minimum Gasteiger partial charge on any atom is -0.486 e. The Morgan fingerprint density at radius 1 is 1.20 bits per heavy atom. The summed E-state index contributed by atoms with van der Waals surface area (Å²) in [6, 6.07) is 13.7. The number of aromatic nitrogens is 2. The highest BCUT2D eigenvalue weighted by atomic mass is 35.5. The lowest BCUT2D eigenvalue weighted by Gasteiger charge is -2.06. The van der Waals surface area contributed by atoms with Gasteiger partial charge in [-0.3, -0.25) is 0 Å². The van der Waals surface area contributed by atoms with Crippen LogP contribution in [0.1, 0.15) is 11.4 Å². The number of rotatable bonds is 3. The summed E-state index contributed by atoms with van der Waals surface area (Å²) in [7, 11) is 1.98. The van der Waals surface area contributed by atoms with E-state index in [1.54, 1.807) is 0 Å². The largest absolute Gasteiger partial charge is 0.486 e. The predicted molar refractivity (Wildman–Crippen MR) is 81.2 cm³/mol. The molecule has 3 rings (SSSR count). The van der Waals surface area contributed by atoms with Gasteiger partial charge >= 0.3 is 0 Å². The van der Waals surface area contributed by atoms with Crippen molar-refractivity contribution in [2.24, 2.45) is 7.05 Å². The van der Waals surface area contributed by atoms with Crippen molar-refractivity contribution in [1.82, 2.24) is 9.55 Å². The standard InChI is InChI=1S/C16H15ClN2O/c1-11-4-3-5-13(8-11)20-10-16-18-14-9-12(17)6-7-15(14)19(16)2/h3-9H,10H2,1-2H3. The summed E-state index contributed by atoms with van der Waals surface area (Å²) in [5.74, 6) is 1.74. The van der Waals surface area contributed by atoms with Crippen molar-refractivity contribution < 1.29 is 4.74 Å². The van der Waals surface area contributed by atoms with Crippen molar-refractivity contribution in [2.45, 2.75) is 13.5 Å². The molecule has 0 atom stereocenters. The SMILES string of the molecule is Cc1cccc(OCc2nc3cc(Cl)ccc3n2C)c1. The first-order chi connectivity index (χ1) is 9.63. The molecular formula is C16H15ClN2O. The van der Waals surface area contributed by atoms with Crippen LogP contribution < -0.4 is 4.74 Å². The number of fused-ring (bicyclic) bond motifs is 1. The van der Waals surface area contributed by atoms with Crippen LogP contribution in [0.4, 0.5) is 0 Å². The summed E-state index contributed by atoms with van der Waals surface area (Å²) in [6.07, 6.45) is 0. The van der Waals surface area contributed by atoms with E-state index in [4.69, 9.17) is 16.3 Å². The van der Waals surface area contributed by atoms with E-state index < -0.39 is 0 Å². The van der Waals surface area contributed by atoms with Crippen LogP contribution in [0, 0.1) is 6.92 Å². The van der Waals surface area contributed by atoms with Crippen molar-refractivity contribution >= 4 is 22.6 Å². The molecule has 0 unspecified atom stereocenters. The maximum absolute atomic E-state index is 5.99. The van der Waals surface area contributed by atoms with Crippen LogP contribution in [0.15, 0.2) is 42.5 Å². The fourth-order valence-electron chi connectivity index (χ4n) is 2.20. The summed E-state index contributed by atoms with van der Waals surface area (Å²) >= 11 is 5.99. The van der Waals surface area contributed by atoms with Crippen molar-refractivity contribution in [3.8, 4) is 5.75 Å². The Kier molecular flexibility index (Phi) is 3.36. The molecule has 0 N–H and O–H groups in total. The van der Waals surface area contributed by atoms with E-state index in [9.17, 15) is 0 Å². The van der Waals surface area contributed by atoms with Gasteiger partial charge in [0.1, 0.15) is 18.2 Å². The zero-order chi connectivity index (χ0) is 14.1. The third-order valence-corrected chi connectivity index (χ3v) is 3.53. The van der Waals surface area contributed by atoms with Crippen LogP contribution in [0.2, 0.25) is 5.02 Å². The first kappa shape index (κ1) is 13.0. The Balaban J connectivity index is 1.86. The molecule has 1 aromatic heterocycles. The lowest BCUT2D eigenvalue weighted by Crippen LogP contribution is -2.03. The minimum absolute atomic E-state index is 0.437. The molecule has 0 aliphatic heterocycles. The number of nitrogens with zero attached hydrogens (tertiary/aromatic N) is 2. The Hall–Kier alpha value is -2.00. The van der Waals surface area contributed by atoms with Gasteiger partial charge in [-0.2, -0.15) is 0 Å². The Labute approximate surface area is 122 Å². The molecule has 0 bridgehead atoms. The number of hydrogen-bond donors (Lipinski definition) is 0. The molecule has 102 valence electrons. The summed E-state index contributed by atoms with van der Waals surface area (Å²) in [5, 5.41) is 0.696. The maximum Gasteiger partial charge on any atom is 0.147 e. The smallest absolute Gasteiger partial charge is 0.147 e. The highest BCUT2D eigenvalue weighted by Gasteiger charge is 2.08. The van der Waals surface area contributed by atoms with Crippen molar-refractivity contribution in [3.05, 3.63) is 58.9 Å². The molecule has 0 amide bonds. The van der Waals surface area contributed by atoms with E-state index in [1.165, 1.54) is 5.56 Å². The second kappa shape index (κ2) is 5.17. The zero-order valence-corrected chi connectivity index (χ0v) is 12.2. The summed E-state index contributed by atoms with van der Waals surface area (Å²) in [6.45, 7) is 2.48. The molecule has 1 heterocycles. The zero-order valence-electron chi connectivity index (χ0n) is 11.4. The summed E-state index contributed by atoms with van der Waals surface area (Å²) in [4.78, 5) is 4.56. The number of halogens is 1. The fraction of sp³-hybridized carbons (Fsp3) is 0.188. The summed E-state index contributed by atoms with van der Waals surface area (Å²) in [5.41, 5.74) is 3.12. The number of benzene rings is 2. The van der Waals surface area contributed by atoms with Gasteiger partial charge in [0, 0.05) is 12.1 Å². The summed E-state index contributed by atoms with van der Waals surface area (Å²) < 4.78 is 7.83. The van der Waals surface area contributed by atoms with Crippen LogP contribution in [-0.2, 0) is 13.7 Å². The van der Waals surface area contributed by atoms with E-state index in [2.05, 4.69) is 4.98 Å². The van der Waals surface area contributed by atoms with Crippen LogP contribution in [0.3, 0.4) is 0 Å². The van der Waals surface area contributed by atoms with Crippen LogP contribution in [-0.4, -0.2) is 9.55 Å². The maximum atomic E-state index is 5.99. The van der Waals surface area contributed by atoms with E-state index in [0.29, 0.717) is 11.6 Å². The Morgan fingerprint density at radius 3 is 2.85 bits per heavy atom. The van der Waals surface area contributed by atoms with Gasteiger partial charge in [0.2, 0.25) is 0 Å². The van der Waals surface area contributed by atoms with Gasteiger partial charge in [-0.1, -0.05) is 23.7 Å². The van der Waals surface area contributed by atoms with Gasteiger partial charge in [-0.15, -0.1) is 0 Å². The second-order valence-corrected chi connectivity index (χ2v) is 5.26. The van der Waals surface area contributed by atoms with Gasteiger partial charge in [0.05, 0.1) is 11.0 Å². The highest BCUT2D eigenvalue weighted by molar-refractivity contribution is 6.31. The normalized spacial score (nSPS) is 10.9. The Bertz CT molecular complexity index is 764. The first-order valence-electron chi connectivity index (χ1n) is 6.44. The molecule has 0 radical (unpaired) electrons. The number of imidazole rings is 1. The molecule has 0 spiro atoms. The monoisotopic (exact) mass is 286 g/mol. The van der Waals surface area contributed by atoms with Crippen LogP contribution in [0.5, 0.6) is 5.75 Å². The molecule has 0 aliphatic rings. The molecule has 0 aliphatic carbocycles. The average Bonchev–Trinajstić information content (AvgIpc) is 2.72. The van der Waals surface area contributed by atoms with E-state index >= 15 is 0 Å². The fourth-order valence-corrected chi connectivity index (χ4v) is 2.37. The third-order valence-electron chi connectivity index (χ3n) is 3.29. The van der Waals surface area contributed by atoms with Crippen molar-refractivity contribution in [3.63, 3.8) is 0 Å². The number of ether oxygens (including phenoxy) is 1. The van der Waals surface area contributed by atoms with Gasteiger partial charge in [-0.05, 0) is 42.8 Å². The van der Waals surface area contributed by atoms with Crippen molar-refractivity contribution in [2.75, 3.05) is 0 Å². The average molecular weight is 287 g/mol. The lowest BCUT2D eigenvalue weighted by molar-refractivity contribution is 0.292. The molecule has 0 fully saturated rings. The van der Waals surface area contributed by atoms with Crippen molar-refractivity contribution in [1.29, 1.82) is 0 Å². The van der Waals surface area contributed by atoms with Crippen LogP contribution in [0.25, 0.3) is 11.0 Å². The minimum atomic E-state index is 0.437. The molecule has 20 heavy (non-hydrogen) atoms. The lowest BCUT2D eigenvalue weighted by atomic mass is 10.2. The van der Waals surface area contributed by atoms with Crippen LogP contribution >= 0.6 is 11.6 Å². The number of hydrogen-bond acceptors (Lipinski definition) is 2. The van der Waals surface area contributed by atoms with E-state index in [0.717, 1.165) is 22.6 Å². The number of aryl methyl sites for hydroxylation is 2. The first-order valence-corrected chi connectivity index (χ1v) is 6.81. The molecule has 2 aromatic carbocycles. The Morgan fingerprint density at radius 2 is 2.05 bits per heavy atom. The van der Waals surface area contributed by atoms with Gasteiger partial charge in [0.15, 0.2) is 0 Å². The molecule has 3 aromatic rings. The van der Waals surface area contributed by atoms with Gasteiger partial charge < -0.3 is 9.30 Å². The van der Waals surface area contributed by atoms with Gasteiger partial charge in [0.25, 0.3) is 0 Å². The van der Waals surface area contributed by atoms with Gasteiger partial charge in [-0.25, -0.2) is 4.98 Å². The third kappa shape index (κ3) is 2.49.